The zero-order valence-electron chi connectivity index (χ0n) is 8.44. The van der Waals surface area contributed by atoms with Crippen LogP contribution in [0.2, 0.25) is 0 Å². The Morgan fingerprint density at radius 1 is 1.36 bits per heavy atom. The summed E-state index contributed by atoms with van der Waals surface area (Å²) in [6.45, 7) is 2.88. The van der Waals surface area contributed by atoms with Gasteiger partial charge >= 0.3 is 0 Å². The number of carbonyl (C=O) groups is 1. The van der Waals surface area contributed by atoms with Crippen LogP contribution in [0, 0.1) is 0 Å². The number of carbonyl (C=O) groups excluding carboxylic acids is 1. The molecule has 1 heterocycles. The Kier molecular flexibility index (Phi) is 2.53. The monoisotopic (exact) mass is 189 g/mol. The van der Waals surface area contributed by atoms with Crippen molar-refractivity contribution >= 4 is 5.91 Å². The van der Waals surface area contributed by atoms with E-state index in [1.54, 1.807) is 0 Å². The molecule has 1 amide bonds. The molecule has 0 unspecified atom stereocenters. The fourth-order valence-electron chi connectivity index (χ4n) is 1.90. The van der Waals surface area contributed by atoms with E-state index in [9.17, 15) is 4.79 Å². The van der Waals surface area contributed by atoms with Gasteiger partial charge in [0.2, 0.25) is 5.91 Å². The number of nitrogens with zero attached hydrogens (tertiary/aromatic N) is 1. The summed E-state index contributed by atoms with van der Waals surface area (Å²) in [7, 11) is 0. The van der Waals surface area contributed by atoms with Crippen molar-refractivity contribution in [1.29, 1.82) is 0 Å². The molecule has 1 aromatic carbocycles. The van der Waals surface area contributed by atoms with Crippen molar-refractivity contribution in [2.75, 3.05) is 0 Å². The zero-order valence-corrected chi connectivity index (χ0v) is 8.44. The van der Waals surface area contributed by atoms with Crippen LogP contribution in [0.1, 0.15) is 25.3 Å². The van der Waals surface area contributed by atoms with Gasteiger partial charge in [-0.3, -0.25) is 4.79 Å². The lowest BCUT2D eigenvalue weighted by molar-refractivity contribution is -0.129. The largest absolute Gasteiger partial charge is 0.336 e. The summed E-state index contributed by atoms with van der Waals surface area (Å²) in [5.74, 6) is 0.293. The van der Waals surface area contributed by atoms with Gasteiger partial charge in [0.1, 0.15) is 0 Å². The molecular formula is C12H15NO. The van der Waals surface area contributed by atoms with E-state index < -0.39 is 0 Å². The van der Waals surface area contributed by atoms with E-state index in [0.29, 0.717) is 18.4 Å². The highest BCUT2D eigenvalue weighted by Crippen LogP contribution is 2.20. The van der Waals surface area contributed by atoms with Crippen LogP contribution in [0.15, 0.2) is 30.3 Å². The molecule has 14 heavy (non-hydrogen) atoms. The maximum absolute atomic E-state index is 11.5. The first-order valence-corrected chi connectivity index (χ1v) is 5.11. The number of hydrogen-bond donors (Lipinski definition) is 0. The van der Waals surface area contributed by atoms with Crippen LogP contribution in [0.3, 0.4) is 0 Å². The highest BCUT2D eigenvalue weighted by molar-refractivity contribution is 5.78. The summed E-state index contributed by atoms with van der Waals surface area (Å²) in [6, 6.07) is 10.6. The second-order valence-corrected chi connectivity index (χ2v) is 3.89. The molecule has 0 radical (unpaired) electrons. The van der Waals surface area contributed by atoms with Crippen LogP contribution in [-0.2, 0) is 11.3 Å². The topological polar surface area (TPSA) is 20.3 Å². The smallest absolute Gasteiger partial charge is 0.223 e. The van der Waals surface area contributed by atoms with Crippen molar-refractivity contribution in [1.82, 2.24) is 4.90 Å². The number of likely N-dealkylation sites (tertiary alicyclic amines) is 1. The first-order valence-electron chi connectivity index (χ1n) is 5.11. The van der Waals surface area contributed by atoms with Gasteiger partial charge in [0.05, 0.1) is 0 Å². The van der Waals surface area contributed by atoms with Crippen LogP contribution in [0.4, 0.5) is 0 Å². The Balaban J connectivity index is 2.07. The summed E-state index contributed by atoms with van der Waals surface area (Å²) in [6.07, 6.45) is 1.72. The summed E-state index contributed by atoms with van der Waals surface area (Å²) < 4.78 is 0. The molecule has 0 aliphatic carbocycles. The second kappa shape index (κ2) is 3.82. The average molecular weight is 189 g/mol. The molecule has 2 rings (SSSR count). The van der Waals surface area contributed by atoms with Gasteiger partial charge in [0.25, 0.3) is 0 Å². The summed E-state index contributed by atoms with van der Waals surface area (Å²) in [5.41, 5.74) is 1.22. The van der Waals surface area contributed by atoms with Gasteiger partial charge in [-0.2, -0.15) is 0 Å². The van der Waals surface area contributed by atoms with Crippen molar-refractivity contribution in [2.45, 2.75) is 32.4 Å². The van der Waals surface area contributed by atoms with Crippen LogP contribution in [0.25, 0.3) is 0 Å². The van der Waals surface area contributed by atoms with Gasteiger partial charge < -0.3 is 4.90 Å². The van der Waals surface area contributed by atoms with Gasteiger partial charge in [0.15, 0.2) is 0 Å². The average Bonchev–Trinajstić information content (AvgIpc) is 2.51. The number of amides is 1. The Labute approximate surface area is 84.5 Å². The molecule has 0 bridgehead atoms. The number of rotatable bonds is 2. The van der Waals surface area contributed by atoms with E-state index in [1.807, 2.05) is 23.1 Å². The Morgan fingerprint density at radius 3 is 2.64 bits per heavy atom. The molecule has 1 fully saturated rings. The lowest BCUT2D eigenvalue weighted by Gasteiger charge is -2.21. The molecule has 0 spiro atoms. The van der Waals surface area contributed by atoms with Crippen molar-refractivity contribution in [3.05, 3.63) is 35.9 Å². The summed E-state index contributed by atoms with van der Waals surface area (Å²) in [5, 5.41) is 0. The maximum Gasteiger partial charge on any atom is 0.223 e. The molecule has 1 aromatic rings. The molecule has 1 atom stereocenters. The van der Waals surface area contributed by atoms with Gasteiger partial charge in [-0.05, 0) is 18.9 Å². The van der Waals surface area contributed by atoms with Crippen LogP contribution < -0.4 is 0 Å². The molecular weight excluding hydrogens is 174 g/mol. The van der Waals surface area contributed by atoms with Gasteiger partial charge in [-0.15, -0.1) is 0 Å². The minimum atomic E-state index is 0.293. The fraction of sp³-hybridized carbons (Fsp3) is 0.417. The molecule has 2 heteroatoms. The van der Waals surface area contributed by atoms with Gasteiger partial charge in [-0.25, -0.2) is 0 Å². The Bertz CT molecular complexity index is 320. The Morgan fingerprint density at radius 2 is 2.07 bits per heavy atom. The quantitative estimate of drug-likeness (QED) is 0.698. The van der Waals surface area contributed by atoms with E-state index >= 15 is 0 Å². The summed E-state index contributed by atoms with van der Waals surface area (Å²) >= 11 is 0. The molecule has 2 nitrogen and oxygen atoms in total. The third-order valence-corrected chi connectivity index (χ3v) is 2.82. The lowest BCUT2D eigenvalue weighted by Crippen LogP contribution is -2.30. The van der Waals surface area contributed by atoms with E-state index in [0.717, 1.165) is 13.0 Å². The highest BCUT2D eigenvalue weighted by atomic mass is 16.2. The van der Waals surface area contributed by atoms with Gasteiger partial charge in [-0.1, -0.05) is 30.3 Å². The third kappa shape index (κ3) is 1.79. The highest BCUT2D eigenvalue weighted by Gasteiger charge is 2.26. The predicted molar refractivity (Wildman–Crippen MR) is 55.7 cm³/mol. The third-order valence-electron chi connectivity index (χ3n) is 2.82. The molecule has 0 saturated carbocycles. The van der Waals surface area contributed by atoms with E-state index in [-0.39, 0.29) is 0 Å². The standard InChI is InChI=1S/C12H15NO/c1-10-7-8-12(14)13(10)9-11-5-3-2-4-6-11/h2-6,10H,7-9H2,1H3/t10-/m0/s1. The first kappa shape index (κ1) is 9.25. The molecule has 0 N–H and O–H groups in total. The normalized spacial score (nSPS) is 21.6. The van der Waals surface area contributed by atoms with Crippen molar-refractivity contribution < 1.29 is 4.79 Å². The lowest BCUT2D eigenvalue weighted by atomic mass is 10.2. The minimum absolute atomic E-state index is 0.293. The summed E-state index contributed by atoms with van der Waals surface area (Å²) in [4.78, 5) is 13.5. The fourth-order valence-corrected chi connectivity index (χ4v) is 1.90. The SMILES string of the molecule is C[C@H]1CCC(=O)N1Cc1ccccc1. The van der Waals surface area contributed by atoms with Crippen LogP contribution in [0.5, 0.6) is 0 Å². The molecule has 1 aliphatic heterocycles. The van der Waals surface area contributed by atoms with Crippen LogP contribution in [-0.4, -0.2) is 16.8 Å². The minimum Gasteiger partial charge on any atom is -0.336 e. The zero-order chi connectivity index (χ0) is 9.97. The van der Waals surface area contributed by atoms with Gasteiger partial charge in [0, 0.05) is 19.0 Å². The Hall–Kier alpha value is -1.31. The number of benzene rings is 1. The van der Waals surface area contributed by atoms with Crippen molar-refractivity contribution in [3.8, 4) is 0 Å². The predicted octanol–water partition coefficient (Wildman–Crippen LogP) is 2.20. The molecule has 1 saturated heterocycles. The number of hydrogen-bond acceptors (Lipinski definition) is 1. The van der Waals surface area contributed by atoms with Crippen molar-refractivity contribution in [3.63, 3.8) is 0 Å². The molecule has 0 aromatic heterocycles. The molecule has 1 aliphatic rings. The first-order chi connectivity index (χ1) is 6.77. The maximum atomic E-state index is 11.5. The van der Waals surface area contributed by atoms with Crippen molar-refractivity contribution in [2.24, 2.45) is 0 Å². The van der Waals surface area contributed by atoms with E-state index in [4.69, 9.17) is 0 Å². The van der Waals surface area contributed by atoms with E-state index in [1.165, 1.54) is 5.56 Å². The molecule has 74 valence electrons. The second-order valence-electron chi connectivity index (χ2n) is 3.89. The van der Waals surface area contributed by atoms with Crippen LogP contribution >= 0.6 is 0 Å². The van der Waals surface area contributed by atoms with E-state index in [2.05, 4.69) is 19.1 Å².